The van der Waals surface area contributed by atoms with Gasteiger partial charge in [-0.05, 0) is 34.3 Å². The summed E-state index contributed by atoms with van der Waals surface area (Å²) < 4.78 is 1.61. The highest BCUT2D eigenvalue weighted by molar-refractivity contribution is 9.10. The van der Waals surface area contributed by atoms with Crippen LogP contribution < -0.4 is 5.32 Å². The van der Waals surface area contributed by atoms with E-state index in [1.165, 1.54) is 11.3 Å². The average Bonchev–Trinajstić information content (AvgIpc) is 2.68. The zero-order chi connectivity index (χ0) is 14.0. The van der Waals surface area contributed by atoms with E-state index in [-0.39, 0.29) is 0 Å². The SMILES string of the molecule is CNc1cc(CC(C)C)nc(-c2cc(Br)c(Cl)s2)n1. The van der Waals surface area contributed by atoms with E-state index in [2.05, 4.69) is 45.1 Å². The van der Waals surface area contributed by atoms with Crippen molar-refractivity contribution in [1.82, 2.24) is 9.97 Å². The molecule has 6 heteroatoms. The Bertz CT molecular complexity index is 564. The fraction of sp³-hybridized carbons (Fsp3) is 0.385. The molecule has 0 saturated heterocycles. The van der Waals surface area contributed by atoms with Crippen LogP contribution in [-0.4, -0.2) is 17.0 Å². The Morgan fingerprint density at radius 1 is 1.37 bits per heavy atom. The van der Waals surface area contributed by atoms with Crippen molar-refractivity contribution in [2.45, 2.75) is 20.3 Å². The van der Waals surface area contributed by atoms with Gasteiger partial charge in [-0.15, -0.1) is 11.3 Å². The lowest BCUT2D eigenvalue weighted by atomic mass is 10.1. The van der Waals surface area contributed by atoms with E-state index in [1.54, 1.807) is 0 Å². The van der Waals surface area contributed by atoms with E-state index >= 15 is 0 Å². The summed E-state index contributed by atoms with van der Waals surface area (Å²) in [4.78, 5) is 10.1. The molecule has 2 aromatic heterocycles. The standard InChI is InChI=1S/C13H15BrClN3S/c1-7(2)4-8-5-11(16-3)18-13(17-8)10-6-9(14)12(15)19-10/h5-7H,4H2,1-3H3,(H,16,17,18). The van der Waals surface area contributed by atoms with Crippen molar-refractivity contribution in [3.8, 4) is 10.7 Å². The van der Waals surface area contributed by atoms with Crippen LogP contribution in [0.4, 0.5) is 5.82 Å². The van der Waals surface area contributed by atoms with Gasteiger partial charge >= 0.3 is 0 Å². The number of anilines is 1. The second-order valence-corrected chi connectivity index (χ2v) is 7.16. The van der Waals surface area contributed by atoms with Crippen LogP contribution >= 0.6 is 38.9 Å². The normalized spacial score (nSPS) is 11.1. The predicted molar refractivity (Wildman–Crippen MR) is 86.1 cm³/mol. The summed E-state index contributed by atoms with van der Waals surface area (Å²) in [6, 6.07) is 3.95. The van der Waals surface area contributed by atoms with Gasteiger partial charge in [0.15, 0.2) is 5.82 Å². The molecule has 2 heterocycles. The molecule has 0 atom stereocenters. The molecular weight excluding hydrogens is 346 g/mol. The molecule has 0 spiro atoms. The molecule has 0 fully saturated rings. The number of aromatic nitrogens is 2. The van der Waals surface area contributed by atoms with Crippen LogP contribution in [0.3, 0.4) is 0 Å². The second kappa shape index (κ2) is 6.20. The third-order valence-electron chi connectivity index (χ3n) is 2.52. The van der Waals surface area contributed by atoms with Crippen molar-refractivity contribution in [3.05, 3.63) is 26.6 Å². The molecule has 0 saturated carbocycles. The van der Waals surface area contributed by atoms with Crippen LogP contribution in [0.25, 0.3) is 10.7 Å². The molecule has 0 amide bonds. The van der Waals surface area contributed by atoms with Gasteiger partial charge in [-0.2, -0.15) is 0 Å². The average molecular weight is 361 g/mol. The molecule has 1 N–H and O–H groups in total. The minimum atomic E-state index is 0.561. The van der Waals surface area contributed by atoms with Gasteiger partial charge in [-0.3, -0.25) is 0 Å². The molecule has 0 unspecified atom stereocenters. The number of hydrogen-bond acceptors (Lipinski definition) is 4. The number of halogens is 2. The molecule has 0 bridgehead atoms. The van der Waals surface area contributed by atoms with Crippen molar-refractivity contribution >= 4 is 44.7 Å². The second-order valence-electron chi connectivity index (χ2n) is 4.65. The summed E-state index contributed by atoms with van der Waals surface area (Å²) in [5.74, 6) is 2.12. The fourth-order valence-corrected chi connectivity index (χ4v) is 3.35. The van der Waals surface area contributed by atoms with E-state index in [9.17, 15) is 0 Å². The Kier molecular flexibility index (Phi) is 4.81. The van der Waals surface area contributed by atoms with Crippen LogP contribution in [0.15, 0.2) is 16.6 Å². The van der Waals surface area contributed by atoms with Crippen LogP contribution in [0.5, 0.6) is 0 Å². The number of rotatable bonds is 4. The van der Waals surface area contributed by atoms with Crippen LogP contribution in [0, 0.1) is 5.92 Å². The molecular formula is C13H15BrClN3S. The van der Waals surface area contributed by atoms with Crippen molar-refractivity contribution < 1.29 is 0 Å². The topological polar surface area (TPSA) is 37.8 Å². The Labute approximate surface area is 130 Å². The van der Waals surface area contributed by atoms with Gasteiger partial charge in [-0.1, -0.05) is 25.4 Å². The zero-order valence-corrected chi connectivity index (χ0v) is 14.2. The lowest BCUT2D eigenvalue weighted by Crippen LogP contribution is -2.03. The first-order chi connectivity index (χ1) is 8.99. The van der Waals surface area contributed by atoms with Crippen molar-refractivity contribution in [2.24, 2.45) is 5.92 Å². The summed E-state index contributed by atoms with van der Waals surface area (Å²) in [7, 11) is 1.86. The number of thiophene rings is 1. The minimum absolute atomic E-state index is 0.561. The molecule has 2 rings (SSSR count). The molecule has 0 aliphatic rings. The monoisotopic (exact) mass is 359 g/mol. The van der Waals surface area contributed by atoms with E-state index in [1.807, 2.05) is 19.2 Å². The highest BCUT2D eigenvalue weighted by Crippen LogP contribution is 2.37. The summed E-state index contributed by atoms with van der Waals surface area (Å²) in [5, 5.41) is 3.08. The smallest absolute Gasteiger partial charge is 0.171 e. The van der Waals surface area contributed by atoms with Crippen molar-refractivity contribution in [3.63, 3.8) is 0 Å². The fourth-order valence-electron chi connectivity index (χ4n) is 1.72. The highest BCUT2D eigenvalue weighted by Gasteiger charge is 2.12. The summed E-state index contributed by atoms with van der Waals surface area (Å²) in [5.41, 5.74) is 1.05. The molecule has 0 radical (unpaired) electrons. The minimum Gasteiger partial charge on any atom is -0.373 e. The molecule has 19 heavy (non-hydrogen) atoms. The Morgan fingerprint density at radius 3 is 2.63 bits per heavy atom. The molecule has 0 aromatic carbocycles. The Balaban J connectivity index is 2.44. The van der Waals surface area contributed by atoms with E-state index in [0.29, 0.717) is 5.92 Å². The maximum atomic E-state index is 6.08. The van der Waals surface area contributed by atoms with E-state index < -0.39 is 0 Å². The third kappa shape index (κ3) is 3.68. The van der Waals surface area contributed by atoms with Gasteiger partial charge in [0.05, 0.1) is 4.88 Å². The summed E-state index contributed by atoms with van der Waals surface area (Å²) >= 11 is 11.0. The first kappa shape index (κ1) is 14.8. The first-order valence-corrected chi connectivity index (χ1v) is 7.99. The first-order valence-electron chi connectivity index (χ1n) is 6.00. The van der Waals surface area contributed by atoms with Gasteiger partial charge in [0.25, 0.3) is 0 Å². The van der Waals surface area contributed by atoms with Gasteiger partial charge in [0.1, 0.15) is 10.2 Å². The largest absolute Gasteiger partial charge is 0.373 e. The molecule has 0 aliphatic heterocycles. The van der Waals surface area contributed by atoms with Gasteiger partial charge in [0, 0.05) is 23.3 Å². The highest BCUT2D eigenvalue weighted by atomic mass is 79.9. The zero-order valence-electron chi connectivity index (χ0n) is 11.0. The Morgan fingerprint density at radius 2 is 2.11 bits per heavy atom. The molecule has 2 aromatic rings. The number of hydrogen-bond donors (Lipinski definition) is 1. The van der Waals surface area contributed by atoms with Gasteiger partial charge < -0.3 is 5.32 Å². The quantitative estimate of drug-likeness (QED) is 0.846. The number of nitrogens with one attached hydrogen (secondary N) is 1. The third-order valence-corrected chi connectivity index (χ3v) is 4.99. The van der Waals surface area contributed by atoms with Crippen molar-refractivity contribution in [2.75, 3.05) is 12.4 Å². The van der Waals surface area contributed by atoms with E-state index in [0.717, 1.165) is 37.4 Å². The molecule has 102 valence electrons. The molecule has 0 aliphatic carbocycles. The van der Waals surface area contributed by atoms with Crippen LogP contribution in [0.2, 0.25) is 4.34 Å². The lowest BCUT2D eigenvalue weighted by molar-refractivity contribution is 0.635. The van der Waals surface area contributed by atoms with E-state index in [4.69, 9.17) is 11.6 Å². The summed E-state index contributed by atoms with van der Waals surface area (Å²) in [6.45, 7) is 4.36. The summed E-state index contributed by atoms with van der Waals surface area (Å²) in [6.07, 6.45) is 0.935. The Hall–Kier alpha value is -0.650. The number of nitrogens with zero attached hydrogens (tertiary/aromatic N) is 2. The van der Waals surface area contributed by atoms with Crippen LogP contribution in [-0.2, 0) is 6.42 Å². The van der Waals surface area contributed by atoms with Gasteiger partial charge in [-0.25, -0.2) is 9.97 Å². The maximum absolute atomic E-state index is 6.08. The predicted octanol–water partition coefficient (Wildman–Crippen LogP) is 4.86. The maximum Gasteiger partial charge on any atom is 0.171 e. The lowest BCUT2D eigenvalue weighted by Gasteiger charge is -2.08. The van der Waals surface area contributed by atoms with Crippen LogP contribution in [0.1, 0.15) is 19.5 Å². The van der Waals surface area contributed by atoms with Gasteiger partial charge in [0.2, 0.25) is 0 Å². The molecule has 3 nitrogen and oxygen atoms in total. The van der Waals surface area contributed by atoms with Crippen molar-refractivity contribution in [1.29, 1.82) is 0 Å².